The minimum absolute atomic E-state index is 0.112. The average Bonchev–Trinajstić information content (AvgIpc) is 3.16. The van der Waals surface area contributed by atoms with E-state index in [0.717, 1.165) is 0 Å². The van der Waals surface area contributed by atoms with Gasteiger partial charge >= 0.3 is 0 Å². The third kappa shape index (κ3) is 3.29. The number of hydrogen-bond donors (Lipinski definition) is 0. The van der Waals surface area contributed by atoms with E-state index >= 15 is 0 Å². The number of hydrogen-bond acceptors (Lipinski definition) is 6. The van der Waals surface area contributed by atoms with Crippen molar-refractivity contribution in [2.24, 2.45) is 0 Å². The molecular weight excluding hydrogens is 384 g/mol. The fraction of sp³-hybridized carbons (Fsp3) is 0.368. The molecule has 1 atom stereocenters. The highest BCUT2D eigenvalue weighted by Gasteiger charge is 2.28. The molecule has 146 valence electrons. The van der Waals surface area contributed by atoms with Gasteiger partial charge in [0.25, 0.3) is 11.3 Å². The monoisotopic (exact) mass is 402 g/mol. The number of nitrogens with zero attached hydrogens (tertiary/aromatic N) is 4. The van der Waals surface area contributed by atoms with Gasteiger partial charge in [0.15, 0.2) is 0 Å². The van der Waals surface area contributed by atoms with Gasteiger partial charge in [-0.25, -0.2) is 4.98 Å². The molecule has 28 heavy (non-hydrogen) atoms. The Morgan fingerprint density at radius 1 is 1.25 bits per heavy atom. The quantitative estimate of drug-likeness (QED) is 0.666. The molecule has 1 saturated heterocycles. The summed E-state index contributed by atoms with van der Waals surface area (Å²) in [7, 11) is 0. The maximum absolute atomic E-state index is 13.2. The molecule has 1 fully saturated rings. The van der Waals surface area contributed by atoms with Crippen molar-refractivity contribution < 1.29 is 14.1 Å². The summed E-state index contributed by atoms with van der Waals surface area (Å²) in [6.07, 6.45) is 1.82. The van der Waals surface area contributed by atoms with Crippen molar-refractivity contribution >= 4 is 28.6 Å². The zero-order chi connectivity index (χ0) is 19.7. The summed E-state index contributed by atoms with van der Waals surface area (Å²) in [6, 6.07) is 6.29. The van der Waals surface area contributed by atoms with Gasteiger partial charge < -0.3 is 14.2 Å². The first-order chi connectivity index (χ1) is 13.6. The molecule has 1 amide bonds. The minimum atomic E-state index is -0.643. The molecule has 3 heterocycles. The van der Waals surface area contributed by atoms with Gasteiger partial charge in [0.05, 0.1) is 13.2 Å². The number of amides is 1. The summed E-state index contributed by atoms with van der Waals surface area (Å²) in [5.41, 5.74) is 0.851. The van der Waals surface area contributed by atoms with E-state index < -0.39 is 6.04 Å². The Balaban J connectivity index is 1.78. The molecule has 0 unspecified atom stereocenters. The van der Waals surface area contributed by atoms with Crippen LogP contribution < -0.4 is 5.56 Å². The van der Waals surface area contributed by atoms with E-state index in [9.17, 15) is 9.59 Å². The fourth-order valence-corrected chi connectivity index (χ4v) is 3.50. The summed E-state index contributed by atoms with van der Waals surface area (Å²) < 4.78 is 11.9. The van der Waals surface area contributed by atoms with Crippen molar-refractivity contribution in [2.45, 2.75) is 19.4 Å². The van der Waals surface area contributed by atoms with Crippen molar-refractivity contribution in [3.05, 3.63) is 46.0 Å². The number of fused-ring (bicyclic) bond motifs is 1. The van der Waals surface area contributed by atoms with Crippen LogP contribution in [0.2, 0.25) is 5.02 Å². The lowest BCUT2D eigenvalue weighted by Crippen LogP contribution is -2.45. The van der Waals surface area contributed by atoms with Crippen molar-refractivity contribution in [1.82, 2.24) is 19.6 Å². The van der Waals surface area contributed by atoms with Crippen LogP contribution in [-0.4, -0.2) is 51.8 Å². The van der Waals surface area contributed by atoms with E-state index in [-0.39, 0.29) is 22.6 Å². The normalized spacial score (nSPS) is 15.7. The first-order valence-electron chi connectivity index (χ1n) is 9.09. The van der Waals surface area contributed by atoms with E-state index in [1.165, 1.54) is 10.9 Å². The Morgan fingerprint density at radius 2 is 1.96 bits per heavy atom. The Hall–Kier alpha value is -2.71. The highest BCUT2D eigenvalue weighted by atomic mass is 35.5. The van der Waals surface area contributed by atoms with Gasteiger partial charge in [0.2, 0.25) is 5.91 Å². The molecule has 0 N–H and O–H groups in total. The van der Waals surface area contributed by atoms with Crippen molar-refractivity contribution in [3.63, 3.8) is 0 Å². The predicted octanol–water partition coefficient (Wildman–Crippen LogP) is 2.51. The van der Waals surface area contributed by atoms with Crippen LogP contribution in [0.5, 0.6) is 0 Å². The second-order valence-electron chi connectivity index (χ2n) is 6.54. The van der Waals surface area contributed by atoms with Crippen LogP contribution in [0.25, 0.3) is 22.4 Å². The Bertz CT molecular complexity index is 1050. The van der Waals surface area contributed by atoms with Gasteiger partial charge in [0, 0.05) is 23.7 Å². The number of benzene rings is 1. The molecule has 9 heteroatoms. The molecule has 3 aromatic rings. The van der Waals surface area contributed by atoms with Gasteiger partial charge in [-0.1, -0.05) is 35.8 Å². The highest BCUT2D eigenvalue weighted by Crippen LogP contribution is 2.26. The summed E-state index contributed by atoms with van der Waals surface area (Å²) in [4.78, 5) is 32.2. The zero-order valence-electron chi connectivity index (χ0n) is 15.3. The lowest BCUT2D eigenvalue weighted by atomic mass is 10.1. The standard InChI is InChI=1S/C19H19ClN4O4/c1-2-14(18(25)23-7-9-27-10-8-23)24-11-21-17-15(19(24)26)16(22-28-17)12-3-5-13(20)6-4-12/h3-6,11,14H,2,7-10H2,1H3/t14-/m1/s1. The molecule has 1 aliphatic rings. The van der Waals surface area contributed by atoms with Gasteiger partial charge in [-0.05, 0) is 18.6 Å². The molecular formula is C19H19ClN4O4. The van der Waals surface area contributed by atoms with Crippen LogP contribution in [0.1, 0.15) is 19.4 Å². The number of halogens is 1. The van der Waals surface area contributed by atoms with Gasteiger partial charge in [-0.2, -0.15) is 0 Å². The second-order valence-corrected chi connectivity index (χ2v) is 6.97. The lowest BCUT2D eigenvalue weighted by molar-refractivity contribution is -0.139. The SMILES string of the molecule is CC[C@H](C(=O)N1CCOCC1)n1cnc2onc(-c3ccc(Cl)cc3)c2c1=O. The summed E-state index contributed by atoms with van der Waals surface area (Å²) in [6.45, 7) is 3.90. The third-order valence-corrected chi connectivity index (χ3v) is 5.12. The smallest absolute Gasteiger partial charge is 0.267 e. The second kappa shape index (κ2) is 7.73. The first kappa shape index (κ1) is 18.6. The maximum atomic E-state index is 13.2. The molecule has 1 aromatic carbocycles. The van der Waals surface area contributed by atoms with Crippen LogP contribution in [0.3, 0.4) is 0 Å². The largest absolute Gasteiger partial charge is 0.378 e. The molecule has 0 bridgehead atoms. The summed E-state index contributed by atoms with van der Waals surface area (Å²) in [5.74, 6) is -0.112. The number of rotatable bonds is 4. The number of ether oxygens (including phenoxy) is 1. The zero-order valence-corrected chi connectivity index (χ0v) is 16.1. The van der Waals surface area contributed by atoms with Crippen molar-refractivity contribution in [2.75, 3.05) is 26.3 Å². The number of morpholine rings is 1. The molecule has 8 nitrogen and oxygen atoms in total. The molecule has 4 rings (SSSR count). The molecule has 1 aliphatic heterocycles. The molecule has 0 aliphatic carbocycles. The third-order valence-electron chi connectivity index (χ3n) is 4.87. The minimum Gasteiger partial charge on any atom is -0.378 e. The van der Waals surface area contributed by atoms with Crippen LogP contribution >= 0.6 is 11.6 Å². The van der Waals surface area contributed by atoms with Crippen LogP contribution in [0.4, 0.5) is 0 Å². The van der Waals surface area contributed by atoms with Crippen LogP contribution in [0, 0.1) is 0 Å². The molecule has 0 saturated carbocycles. The van der Waals surface area contributed by atoms with Crippen molar-refractivity contribution in [1.29, 1.82) is 0 Å². The van der Waals surface area contributed by atoms with E-state index in [2.05, 4.69) is 10.1 Å². The lowest BCUT2D eigenvalue weighted by Gasteiger charge is -2.30. The summed E-state index contributed by atoms with van der Waals surface area (Å²) >= 11 is 5.94. The first-order valence-corrected chi connectivity index (χ1v) is 9.47. The van der Waals surface area contributed by atoms with E-state index in [4.69, 9.17) is 20.9 Å². The Kier molecular flexibility index (Phi) is 5.15. The number of carbonyl (C=O) groups excluding carboxylic acids is 1. The van der Waals surface area contributed by atoms with Gasteiger partial charge in [-0.15, -0.1) is 0 Å². The van der Waals surface area contributed by atoms with Gasteiger partial charge in [-0.3, -0.25) is 14.2 Å². The fourth-order valence-electron chi connectivity index (χ4n) is 3.37. The number of aromatic nitrogens is 3. The van der Waals surface area contributed by atoms with E-state index in [1.54, 1.807) is 29.2 Å². The molecule has 0 spiro atoms. The average molecular weight is 403 g/mol. The van der Waals surface area contributed by atoms with Gasteiger partial charge in [0.1, 0.15) is 23.4 Å². The van der Waals surface area contributed by atoms with E-state index in [1.807, 2.05) is 6.92 Å². The maximum Gasteiger partial charge on any atom is 0.267 e. The van der Waals surface area contributed by atoms with Crippen molar-refractivity contribution in [3.8, 4) is 11.3 Å². The predicted molar refractivity (Wildman–Crippen MR) is 103 cm³/mol. The Morgan fingerprint density at radius 3 is 2.64 bits per heavy atom. The van der Waals surface area contributed by atoms with Crippen LogP contribution in [0.15, 0.2) is 39.9 Å². The topological polar surface area (TPSA) is 90.5 Å². The molecule has 2 aromatic heterocycles. The highest BCUT2D eigenvalue weighted by molar-refractivity contribution is 6.30. The Labute approximate surface area is 165 Å². The summed E-state index contributed by atoms with van der Waals surface area (Å²) in [5, 5.41) is 4.84. The van der Waals surface area contributed by atoms with Crippen LogP contribution in [-0.2, 0) is 9.53 Å². The van der Waals surface area contributed by atoms with E-state index in [0.29, 0.717) is 49.0 Å². The molecule has 0 radical (unpaired) electrons. The number of carbonyl (C=O) groups is 1.